The Balaban J connectivity index is 1.92. The molecule has 1 N–H and O–H groups in total. The van der Waals surface area contributed by atoms with Crippen LogP contribution >= 0.6 is 23.7 Å². The molecule has 25 heavy (non-hydrogen) atoms. The van der Waals surface area contributed by atoms with Crippen molar-refractivity contribution in [3.63, 3.8) is 0 Å². The summed E-state index contributed by atoms with van der Waals surface area (Å²) < 4.78 is 5.01. The first kappa shape index (κ1) is 17.8. The molecule has 0 radical (unpaired) electrons. The quantitative estimate of drug-likeness (QED) is 0.380. The molecule has 5 nitrogen and oxygen atoms in total. The van der Waals surface area contributed by atoms with Gasteiger partial charge in [-0.3, -0.25) is 9.40 Å². The van der Waals surface area contributed by atoms with Crippen LogP contribution in [0.1, 0.15) is 25.3 Å². The Labute approximate surface area is 156 Å². The van der Waals surface area contributed by atoms with E-state index in [-0.39, 0.29) is 0 Å². The SMILES string of the molecule is CSc1cc(-c2ccccc2C(C)C)nc(NSc2cnn(C)c2)n1. The lowest BCUT2D eigenvalue weighted by Crippen LogP contribution is -2.00. The Morgan fingerprint density at radius 1 is 1.16 bits per heavy atom. The van der Waals surface area contributed by atoms with E-state index in [0.29, 0.717) is 11.9 Å². The summed E-state index contributed by atoms with van der Waals surface area (Å²) in [4.78, 5) is 10.3. The maximum Gasteiger partial charge on any atom is 0.234 e. The second-order valence-electron chi connectivity index (χ2n) is 5.91. The van der Waals surface area contributed by atoms with Crippen molar-refractivity contribution in [1.82, 2.24) is 19.7 Å². The van der Waals surface area contributed by atoms with Crippen LogP contribution in [0.3, 0.4) is 0 Å². The average molecular weight is 372 g/mol. The summed E-state index contributed by atoms with van der Waals surface area (Å²) in [6.45, 7) is 4.40. The van der Waals surface area contributed by atoms with Crippen molar-refractivity contribution in [3.05, 3.63) is 48.3 Å². The average Bonchev–Trinajstić information content (AvgIpc) is 3.05. The Kier molecular flexibility index (Phi) is 5.65. The molecule has 0 unspecified atom stereocenters. The number of hydrogen-bond donors (Lipinski definition) is 1. The summed E-state index contributed by atoms with van der Waals surface area (Å²) in [6.07, 6.45) is 5.79. The molecule has 0 aliphatic heterocycles. The van der Waals surface area contributed by atoms with Crippen LogP contribution in [0.25, 0.3) is 11.3 Å². The third-order valence-corrected chi connectivity index (χ3v) is 5.07. The van der Waals surface area contributed by atoms with Gasteiger partial charge in [0.25, 0.3) is 0 Å². The summed E-state index contributed by atoms with van der Waals surface area (Å²) in [5.41, 5.74) is 3.39. The lowest BCUT2D eigenvalue weighted by Gasteiger charge is -2.13. The predicted octanol–water partition coefficient (Wildman–Crippen LogP) is 4.84. The number of hydrogen-bond acceptors (Lipinski definition) is 6. The van der Waals surface area contributed by atoms with Gasteiger partial charge in [0.05, 0.1) is 16.8 Å². The van der Waals surface area contributed by atoms with Crippen molar-refractivity contribution < 1.29 is 0 Å². The van der Waals surface area contributed by atoms with Crippen LogP contribution in [-0.4, -0.2) is 26.0 Å². The first-order valence-electron chi connectivity index (χ1n) is 8.00. The van der Waals surface area contributed by atoms with Gasteiger partial charge in [-0.25, -0.2) is 9.97 Å². The molecule has 0 spiro atoms. The van der Waals surface area contributed by atoms with Crippen LogP contribution in [0, 0.1) is 0 Å². The van der Waals surface area contributed by atoms with Gasteiger partial charge in [0, 0.05) is 18.8 Å². The van der Waals surface area contributed by atoms with Crippen LogP contribution in [0.5, 0.6) is 0 Å². The monoisotopic (exact) mass is 371 g/mol. The zero-order chi connectivity index (χ0) is 17.8. The Morgan fingerprint density at radius 3 is 2.64 bits per heavy atom. The molecule has 0 fully saturated rings. The molecule has 0 bridgehead atoms. The highest BCUT2D eigenvalue weighted by Crippen LogP contribution is 2.31. The number of nitrogens with zero attached hydrogens (tertiary/aromatic N) is 4. The molecule has 0 saturated heterocycles. The van der Waals surface area contributed by atoms with E-state index in [1.807, 2.05) is 31.8 Å². The zero-order valence-electron chi connectivity index (χ0n) is 14.7. The van der Waals surface area contributed by atoms with Gasteiger partial charge < -0.3 is 0 Å². The fourth-order valence-corrected chi connectivity index (χ4v) is 3.52. The zero-order valence-corrected chi connectivity index (χ0v) is 16.4. The van der Waals surface area contributed by atoms with Gasteiger partial charge in [0.2, 0.25) is 5.95 Å². The van der Waals surface area contributed by atoms with Gasteiger partial charge in [0.1, 0.15) is 5.03 Å². The van der Waals surface area contributed by atoms with E-state index in [2.05, 4.69) is 52.9 Å². The van der Waals surface area contributed by atoms with E-state index in [1.54, 1.807) is 16.4 Å². The van der Waals surface area contributed by atoms with Crippen LogP contribution in [-0.2, 0) is 7.05 Å². The molecular formula is C18H21N5S2. The minimum absolute atomic E-state index is 0.435. The molecule has 3 aromatic rings. The normalized spacial score (nSPS) is 11.1. The number of thioether (sulfide) groups is 1. The topological polar surface area (TPSA) is 55.6 Å². The Morgan fingerprint density at radius 2 is 1.96 bits per heavy atom. The Hall–Kier alpha value is -1.99. The maximum absolute atomic E-state index is 4.73. The van der Waals surface area contributed by atoms with Crippen LogP contribution in [0.4, 0.5) is 5.95 Å². The highest BCUT2D eigenvalue weighted by Gasteiger charge is 2.12. The highest BCUT2D eigenvalue weighted by atomic mass is 32.2. The van der Waals surface area contributed by atoms with E-state index in [0.717, 1.165) is 21.2 Å². The summed E-state index contributed by atoms with van der Waals surface area (Å²) in [6, 6.07) is 10.5. The number of aryl methyl sites for hydroxylation is 1. The molecule has 0 amide bonds. The summed E-state index contributed by atoms with van der Waals surface area (Å²) >= 11 is 3.08. The minimum atomic E-state index is 0.435. The maximum atomic E-state index is 4.73. The molecule has 0 atom stereocenters. The van der Waals surface area contributed by atoms with E-state index in [9.17, 15) is 0 Å². The van der Waals surface area contributed by atoms with Gasteiger partial charge in [-0.1, -0.05) is 38.1 Å². The molecule has 0 aliphatic carbocycles. The number of anilines is 1. The van der Waals surface area contributed by atoms with E-state index >= 15 is 0 Å². The molecule has 3 rings (SSSR count). The number of rotatable bonds is 6. The van der Waals surface area contributed by atoms with Crippen molar-refractivity contribution in [2.75, 3.05) is 11.0 Å². The van der Waals surface area contributed by atoms with E-state index in [1.165, 1.54) is 17.5 Å². The molecule has 0 aliphatic rings. The van der Waals surface area contributed by atoms with Crippen molar-refractivity contribution >= 4 is 29.7 Å². The largest absolute Gasteiger partial charge is 0.294 e. The summed E-state index contributed by atoms with van der Waals surface area (Å²) in [5.74, 6) is 1.04. The smallest absolute Gasteiger partial charge is 0.234 e. The molecule has 1 aromatic carbocycles. The molecule has 7 heteroatoms. The summed E-state index contributed by atoms with van der Waals surface area (Å²) in [5, 5.41) is 5.11. The van der Waals surface area contributed by atoms with E-state index in [4.69, 9.17) is 4.98 Å². The number of aromatic nitrogens is 4. The lowest BCUT2D eigenvalue weighted by molar-refractivity contribution is 0.766. The minimum Gasteiger partial charge on any atom is -0.294 e. The van der Waals surface area contributed by atoms with Gasteiger partial charge in [0.15, 0.2) is 0 Å². The lowest BCUT2D eigenvalue weighted by atomic mass is 9.95. The van der Waals surface area contributed by atoms with Gasteiger partial charge in [-0.2, -0.15) is 5.10 Å². The Bertz CT molecular complexity index is 860. The fraction of sp³-hybridized carbons (Fsp3) is 0.278. The van der Waals surface area contributed by atoms with Crippen LogP contribution in [0.2, 0.25) is 0 Å². The van der Waals surface area contributed by atoms with E-state index < -0.39 is 0 Å². The summed E-state index contributed by atoms with van der Waals surface area (Å²) in [7, 11) is 1.90. The third kappa shape index (κ3) is 4.35. The fourth-order valence-electron chi connectivity index (χ4n) is 2.50. The first-order valence-corrected chi connectivity index (χ1v) is 10.0. The first-order chi connectivity index (χ1) is 12.1. The van der Waals surface area contributed by atoms with Gasteiger partial charge >= 0.3 is 0 Å². The van der Waals surface area contributed by atoms with Gasteiger partial charge in [-0.05, 0) is 35.8 Å². The highest BCUT2D eigenvalue weighted by molar-refractivity contribution is 8.00. The van der Waals surface area contributed by atoms with Crippen molar-refractivity contribution in [3.8, 4) is 11.3 Å². The predicted molar refractivity (Wildman–Crippen MR) is 106 cm³/mol. The number of benzene rings is 1. The van der Waals surface area contributed by atoms with Gasteiger partial charge in [-0.15, -0.1) is 11.8 Å². The standard InChI is InChI=1S/C18H21N5S2/c1-12(2)14-7-5-6-8-15(14)16-9-17(24-4)21-18(20-16)22-25-13-10-19-23(3)11-13/h5-12H,1-4H3,(H,20,21,22). The van der Waals surface area contributed by atoms with Crippen molar-refractivity contribution in [2.45, 2.75) is 29.7 Å². The van der Waals surface area contributed by atoms with Crippen molar-refractivity contribution in [2.24, 2.45) is 7.05 Å². The molecular weight excluding hydrogens is 350 g/mol. The van der Waals surface area contributed by atoms with Crippen molar-refractivity contribution in [1.29, 1.82) is 0 Å². The van der Waals surface area contributed by atoms with Crippen LogP contribution < -0.4 is 4.72 Å². The molecule has 2 heterocycles. The molecule has 0 saturated carbocycles. The second kappa shape index (κ2) is 7.93. The third-order valence-electron chi connectivity index (χ3n) is 3.71. The molecule has 2 aromatic heterocycles. The molecule has 130 valence electrons. The second-order valence-corrected chi connectivity index (χ2v) is 7.62. The number of nitrogens with one attached hydrogen (secondary N) is 1. The van der Waals surface area contributed by atoms with Crippen LogP contribution in [0.15, 0.2) is 52.6 Å².